The van der Waals surface area contributed by atoms with Gasteiger partial charge in [0.25, 0.3) is 5.91 Å². The fourth-order valence-corrected chi connectivity index (χ4v) is 3.72. The van der Waals surface area contributed by atoms with Crippen LogP contribution in [-0.4, -0.2) is 33.4 Å². The number of nitro groups is 1. The summed E-state index contributed by atoms with van der Waals surface area (Å²) in [6.07, 6.45) is 5.94. The first-order chi connectivity index (χ1) is 13.0. The average molecular weight is 371 g/mol. The molecule has 0 bridgehead atoms. The van der Waals surface area contributed by atoms with Gasteiger partial charge >= 0.3 is 5.69 Å². The van der Waals surface area contributed by atoms with Crippen LogP contribution in [0.15, 0.2) is 36.5 Å². The molecule has 1 aliphatic rings. The number of aryl methyl sites for hydroxylation is 1. The predicted octanol–water partition coefficient (Wildman–Crippen LogP) is 4.09. The molecule has 0 spiro atoms. The Labute approximate surface area is 158 Å². The second-order valence-electron chi connectivity index (χ2n) is 6.78. The summed E-state index contributed by atoms with van der Waals surface area (Å²) in [7, 11) is 1.98. The van der Waals surface area contributed by atoms with E-state index in [1.54, 1.807) is 13.0 Å². The predicted molar refractivity (Wildman–Crippen MR) is 102 cm³/mol. The fraction of sp³-hybridized carbons (Fsp3) is 0.450. The molecule has 2 aromatic rings. The van der Waals surface area contributed by atoms with Crippen molar-refractivity contribution < 1.29 is 14.5 Å². The van der Waals surface area contributed by atoms with E-state index in [9.17, 15) is 14.9 Å². The summed E-state index contributed by atoms with van der Waals surface area (Å²) in [6.45, 7) is 2.75. The molecule has 7 heteroatoms. The van der Waals surface area contributed by atoms with E-state index >= 15 is 0 Å². The average Bonchev–Trinajstić information content (AvgIpc) is 2.93. The molecular formula is C20H25N3O4. The Hall–Kier alpha value is -2.83. The van der Waals surface area contributed by atoms with Gasteiger partial charge in [-0.3, -0.25) is 14.9 Å². The number of hydrogen-bond acceptors (Lipinski definition) is 4. The summed E-state index contributed by atoms with van der Waals surface area (Å²) in [6, 6.07) is 8.46. The molecule has 1 fully saturated rings. The third-order valence-electron chi connectivity index (χ3n) is 5.04. The second kappa shape index (κ2) is 8.24. The number of likely N-dealkylation sites (tertiary alicyclic amines) is 1. The van der Waals surface area contributed by atoms with Gasteiger partial charge in [-0.05, 0) is 44.0 Å². The van der Waals surface area contributed by atoms with Crippen LogP contribution in [0.1, 0.15) is 54.7 Å². The molecule has 1 amide bonds. The molecule has 1 atom stereocenters. The van der Waals surface area contributed by atoms with Gasteiger partial charge in [-0.2, -0.15) is 0 Å². The van der Waals surface area contributed by atoms with Gasteiger partial charge in [0.15, 0.2) is 5.75 Å². The number of nitrogens with zero attached hydrogens (tertiary/aromatic N) is 3. The zero-order valence-electron chi connectivity index (χ0n) is 15.8. The zero-order valence-corrected chi connectivity index (χ0v) is 15.8. The summed E-state index contributed by atoms with van der Waals surface area (Å²) in [5, 5.41) is 11.4. The van der Waals surface area contributed by atoms with Crippen LogP contribution in [0.2, 0.25) is 0 Å². The van der Waals surface area contributed by atoms with Crippen LogP contribution in [0.3, 0.4) is 0 Å². The highest BCUT2D eigenvalue weighted by Crippen LogP contribution is 2.33. The monoisotopic (exact) mass is 371 g/mol. The number of carbonyl (C=O) groups excluding carboxylic acids is 1. The van der Waals surface area contributed by atoms with Gasteiger partial charge < -0.3 is 14.2 Å². The van der Waals surface area contributed by atoms with E-state index in [0.717, 1.165) is 31.4 Å². The van der Waals surface area contributed by atoms with Crippen molar-refractivity contribution in [3.63, 3.8) is 0 Å². The van der Waals surface area contributed by atoms with E-state index in [0.29, 0.717) is 18.7 Å². The van der Waals surface area contributed by atoms with Crippen molar-refractivity contribution in [2.75, 3.05) is 13.2 Å². The molecule has 1 aromatic heterocycles. The molecule has 27 heavy (non-hydrogen) atoms. The van der Waals surface area contributed by atoms with Gasteiger partial charge in [0.05, 0.1) is 17.6 Å². The number of carbonyl (C=O) groups is 1. The Morgan fingerprint density at radius 1 is 1.30 bits per heavy atom. The van der Waals surface area contributed by atoms with Crippen LogP contribution in [0, 0.1) is 10.1 Å². The van der Waals surface area contributed by atoms with E-state index < -0.39 is 4.92 Å². The van der Waals surface area contributed by atoms with Crippen molar-refractivity contribution in [2.45, 2.75) is 38.6 Å². The first kappa shape index (κ1) is 18.9. The maximum atomic E-state index is 13.3. The largest absolute Gasteiger partial charge is 0.487 e. The molecule has 0 aliphatic carbocycles. The van der Waals surface area contributed by atoms with E-state index in [4.69, 9.17) is 4.74 Å². The van der Waals surface area contributed by atoms with Crippen LogP contribution in [0.4, 0.5) is 5.69 Å². The molecular weight excluding hydrogens is 346 g/mol. The normalized spacial score (nSPS) is 17.4. The van der Waals surface area contributed by atoms with Crippen LogP contribution in [-0.2, 0) is 7.05 Å². The lowest BCUT2D eigenvalue weighted by atomic mass is 10.0. The van der Waals surface area contributed by atoms with Gasteiger partial charge in [-0.15, -0.1) is 0 Å². The number of nitro benzene ring substituents is 1. The first-order valence-electron chi connectivity index (χ1n) is 9.36. The number of benzene rings is 1. The molecule has 0 N–H and O–H groups in total. The maximum absolute atomic E-state index is 13.3. The summed E-state index contributed by atoms with van der Waals surface area (Å²) >= 11 is 0. The molecule has 0 radical (unpaired) electrons. The molecule has 1 aliphatic heterocycles. The molecule has 1 unspecified atom stereocenters. The van der Waals surface area contributed by atoms with Gasteiger partial charge in [0.1, 0.15) is 0 Å². The van der Waals surface area contributed by atoms with Crippen molar-refractivity contribution in [2.24, 2.45) is 7.05 Å². The molecule has 7 nitrogen and oxygen atoms in total. The number of aromatic nitrogens is 1. The molecule has 1 aromatic carbocycles. The summed E-state index contributed by atoms with van der Waals surface area (Å²) in [4.78, 5) is 26.0. The summed E-state index contributed by atoms with van der Waals surface area (Å²) in [5.74, 6) is 0.0168. The minimum Gasteiger partial charge on any atom is -0.487 e. The summed E-state index contributed by atoms with van der Waals surface area (Å²) < 4.78 is 7.36. The van der Waals surface area contributed by atoms with Gasteiger partial charge in [-0.25, -0.2) is 0 Å². The lowest BCUT2D eigenvalue weighted by molar-refractivity contribution is -0.385. The fourth-order valence-electron chi connectivity index (χ4n) is 3.72. The van der Waals surface area contributed by atoms with Crippen molar-refractivity contribution in [1.29, 1.82) is 0 Å². The Balaban J connectivity index is 1.95. The lowest BCUT2D eigenvalue weighted by Crippen LogP contribution is -2.35. The van der Waals surface area contributed by atoms with E-state index in [1.165, 1.54) is 12.1 Å². The highest BCUT2D eigenvalue weighted by Gasteiger charge is 2.30. The Morgan fingerprint density at radius 3 is 2.78 bits per heavy atom. The Kier molecular flexibility index (Phi) is 5.78. The number of rotatable bonds is 5. The molecule has 1 saturated heterocycles. The smallest absolute Gasteiger partial charge is 0.311 e. The van der Waals surface area contributed by atoms with Crippen molar-refractivity contribution in [3.05, 3.63) is 57.9 Å². The van der Waals surface area contributed by atoms with Gasteiger partial charge in [0, 0.05) is 37.1 Å². The molecule has 3 rings (SSSR count). The molecule has 144 valence electrons. The van der Waals surface area contributed by atoms with Crippen LogP contribution >= 0.6 is 0 Å². The number of hydrogen-bond donors (Lipinski definition) is 0. The minimum absolute atomic E-state index is 0.0226. The van der Waals surface area contributed by atoms with E-state index in [-0.39, 0.29) is 23.4 Å². The van der Waals surface area contributed by atoms with Crippen LogP contribution < -0.4 is 4.74 Å². The Bertz CT molecular complexity index is 830. The molecule has 2 heterocycles. The zero-order chi connectivity index (χ0) is 19.4. The first-order valence-corrected chi connectivity index (χ1v) is 9.36. The third kappa shape index (κ3) is 3.97. The van der Waals surface area contributed by atoms with Crippen LogP contribution in [0.5, 0.6) is 5.75 Å². The number of amides is 1. The van der Waals surface area contributed by atoms with Gasteiger partial charge in [-0.1, -0.05) is 12.8 Å². The topological polar surface area (TPSA) is 77.6 Å². The molecule has 0 saturated carbocycles. The highest BCUT2D eigenvalue weighted by molar-refractivity contribution is 5.95. The van der Waals surface area contributed by atoms with Crippen molar-refractivity contribution >= 4 is 11.6 Å². The third-order valence-corrected chi connectivity index (χ3v) is 5.04. The SMILES string of the molecule is CCOc1ccc(C(=O)N2CCCCCC2c2cccn2C)cc1[N+](=O)[O-]. The maximum Gasteiger partial charge on any atom is 0.311 e. The highest BCUT2D eigenvalue weighted by atomic mass is 16.6. The Morgan fingerprint density at radius 2 is 2.11 bits per heavy atom. The quantitative estimate of drug-likeness (QED) is 0.586. The number of ether oxygens (including phenoxy) is 1. The summed E-state index contributed by atoms with van der Waals surface area (Å²) in [5.41, 5.74) is 1.24. The van der Waals surface area contributed by atoms with Crippen LogP contribution in [0.25, 0.3) is 0 Å². The van der Waals surface area contributed by atoms with E-state index in [1.807, 2.05) is 34.8 Å². The second-order valence-corrected chi connectivity index (χ2v) is 6.78. The standard InChI is InChI=1S/C20H25N3O4/c1-3-27-19-11-10-15(14-18(19)23(25)26)20(24)22-13-6-4-5-8-17(22)16-9-7-12-21(16)2/h7,9-12,14,17H,3-6,8,13H2,1-2H3. The van der Waals surface area contributed by atoms with Crippen molar-refractivity contribution in [3.8, 4) is 5.75 Å². The van der Waals surface area contributed by atoms with Crippen molar-refractivity contribution in [1.82, 2.24) is 9.47 Å². The van der Waals surface area contributed by atoms with E-state index in [2.05, 4.69) is 0 Å². The lowest BCUT2D eigenvalue weighted by Gasteiger charge is -2.30. The minimum atomic E-state index is -0.501. The van der Waals surface area contributed by atoms with Gasteiger partial charge in [0.2, 0.25) is 0 Å².